The number of hydrogen-bond acceptors (Lipinski definition) is 5. The SMILES string of the molecule is COc1ccc(OC)c(C(CCN2CCOCC2)Oc2ccc(F)cc2F)c1. The van der Waals surface area contributed by atoms with Crippen LogP contribution >= 0.6 is 0 Å². The van der Waals surface area contributed by atoms with Gasteiger partial charge in [0.2, 0.25) is 0 Å². The molecule has 0 radical (unpaired) electrons. The Balaban J connectivity index is 1.86. The van der Waals surface area contributed by atoms with E-state index in [4.69, 9.17) is 18.9 Å². The highest BCUT2D eigenvalue weighted by atomic mass is 19.1. The van der Waals surface area contributed by atoms with Crippen LogP contribution in [0.2, 0.25) is 0 Å². The van der Waals surface area contributed by atoms with E-state index in [1.807, 2.05) is 6.07 Å². The fourth-order valence-electron chi connectivity index (χ4n) is 3.22. The summed E-state index contributed by atoms with van der Waals surface area (Å²) >= 11 is 0. The van der Waals surface area contributed by atoms with E-state index in [0.717, 1.165) is 31.3 Å². The van der Waals surface area contributed by atoms with Crippen LogP contribution in [0.5, 0.6) is 17.2 Å². The van der Waals surface area contributed by atoms with Crippen molar-refractivity contribution in [2.75, 3.05) is 47.1 Å². The largest absolute Gasteiger partial charge is 0.497 e. The lowest BCUT2D eigenvalue weighted by Crippen LogP contribution is -2.37. The van der Waals surface area contributed by atoms with E-state index in [0.29, 0.717) is 31.1 Å². The first-order chi connectivity index (χ1) is 13.6. The monoisotopic (exact) mass is 393 g/mol. The zero-order chi connectivity index (χ0) is 19.9. The molecule has 1 unspecified atom stereocenters. The lowest BCUT2D eigenvalue weighted by Gasteiger charge is -2.29. The molecule has 3 rings (SSSR count). The predicted octanol–water partition coefficient (Wildman–Crippen LogP) is 3.82. The van der Waals surface area contributed by atoms with Gasteiger partial charge in [-0.05, 0) is 30.3 Å². The molecule has 1 saturated heterocycles. The Hall–Kier alpha value is -2.38. The molecule has 0 spiro atoms. The third kappa shape index (κ3) is 5.11. The molecule has 28 heavy (non-hydrogen) atoms. The number of ether oxygens (including phenoxy) is 4. The van der Waals surface area contributed by atoms with Crippen LogP contribution in [-0.4, -0.2) is 52.0 Å². The number of halogens is 2. The van der Waals surface area contributed by atoms with E-state index in [1.165, 1.54) is 12.1 Å². The molecule has 5 nitrogen and oxygen atoms in total. The van der Waals surface area contributed by atoms with Gasteiger partial charge in [0, 0.05) is 37.7 Å². The third-order valence-electron chi connectivity index (χ3n) is 4.76. The van der Waals surface area contributed by atoms with E-state index < -0.39 is 17.7 Å². The second-order valence-electron chi connectivity index (χ2n) is 6.53. The highest BCUT2D eigenvalue weighted by Crippen LogP contribution is 2.35. The Morgan fingerprint density at radius 3 is 2.43 bits per heavy atom. The van der Waals surface area contributed by atoms with Gasteiger partial charge in [-0.1, -0.05) is 0 Å². The highest BCUT2D eigenvalue weighted by molar-refractivity contribution is 5.42. The van der Waals surface area contributed by atoms with Crippen LogP contribution in [-0.2, 0) is 4.74 Å². The van der Waals surface area contributed by atoms with Gasteiger partial charge in [0.25, 0.3) is 0 Å². The highest BCUT2D eigenvalue weighted by Gasteiger charge is 2.22. The molecule has 2 aromatic rings. The van der Waals surface area contributed by atoms with Gasteiger partial charge in [-0.25, -0.2) is 8.78 Å². The minimum absolute atomic E-state index is 0.00162. The fourth-order valence-corrected chi connectivity index (χ4v) is 3.22. The van der Waals surface area contributed by atoms with Crippen molar-refractivity contribution in [3.05, 3.63) is 53.6 Å². The molecule has 0 saturated carbocycles. The average molecular weight is 393 g/mol. The normalized spacial score (nSPS) is 15.9. The zero-order valence-corrected chi connectivity index (χ0v) is 16.1. The summed E-state index contributed by atoms with van der Waals surface area (Å²) in [6.45, 7) is 3.82. The van der Waals surface area contributed by atoms with Crippen molar-refractivity contribution in [1.29, 1.82) is 0 Å². The van der Waals surface area contributed by atoms with Gasteiger partial charge >= 0.3 is 0 Å². The Labute approximate surface area is 163 Å². The number of benzene rings is 2. The maximum Gasteiger partial charge on any atom is 0.168 e. The number of rotatable bonds is 8. The summed E-state index contributed by atoms with van der Waals surface area (Å²) in [6.07, 6.45) is 0.105. The summed E-state index contributed by atoms with van der Waals surface area (Å²) in [7, 11) is 3.15. The van der Waals surface area contributed by atoms with Crippen molar-refractivity contribution in [2.24, 2.45) is 0 Å². The quantitative estimate of drug-likeness (QED) is 0.682. The lowest BCUT2D eigenvalue weighted by atomic mass is 10.0. The summed E-state index contributed by atoms with van der Waals surface area (Å²) < 4.78 is 49.6. The molecule has 0 amide bonds. The van der Waals surface area contributed by atoms with E-state index >= 15 is 0 Å². The summed E-state index contributed by atoms with van der Waals surface area (Å²) in [6, 6.07) is 8.71. The van der Waals surface area contributed by atoms with Gasteiger partial charge in [0.05, 0.1) is 27.4 Å². The fraction of sp³-hybridized carbons (Fsp3) is 0.429. The maximum absolute atomic E-state index is 14.2. The first-order valence-electron chi connectivity index (χ1n) is 9.24. The van der Waals surface area contributed by atoms with E-state index in [9.17, 15) is 8.78 Å². The van der Waals surface area contributed by atoms with Crippen molar-refractivity contribution in [2.45, 2.75) is 12.5 Å². The molecule has 1 atom stereocenters. The second kappa shape index (κ2) is 9.71. The Morgan fingerprint density at radius 1 is 1.00 bits per heavy atom. The molecule has 0 aliphatic carbocycles. The van der Waals surface area contributed by atoms with Gasteiger partial charge in [0.15, 0.2) is 11.6 Å². The molecule has 1 fully saturated rings. The van der Waals surface area contributed by atoms with Crippen LogP contribution in [0.3, 0.4) is 0 Å². The number of methoxy groups -OCH3 is 2. The Bertz CT molecular complexity index is 781. The minimum atomic E-state index is -0.738. The first kappa shape index (κ1) is 20.4. The molecule has 0 aromatic heterocycles. The van der Waals surface area contributed by atoms with Crippen molar-refractivity contribution in [3.63, 3.8) is 0 Å². The van der Waals surface area contributed by atoms with Gasteiger partial charge in [-0.3, -0.25) is 4.90 Å². The number of nitrogens with zero attached hydrogens (tertiary/aromatic N) is 1. The summed E-state index contributed by atoms with van der Waals surface area (Å²) in [5.74, 6) is -0.115. The molecule has 1 heterocycles. The van der Waals surface area contributed by atoms with Crippen LogP contribution < -0.4 is 14.2 Å². The smallest absolute Gasteiger partial charge is 0.168 e. The van der Waals surface area contributed by atoms with Crippen LogP contribution in [0.4, 0.5) is 8.78 Å². The van der Waals surface area contributed by atoms with Gasteiger partial charge in [-0.2, -0.15) is 0 Å². The molecule has 1 aliphatic heterocycles. The minimum Gasteiger partial charge on any atom is -0.497 e. The summed E-state index contributed by atoms with van der Waals surface area (Å²) in [5.41, 5.74) is 0.749. The number of hydrogen-bond donors (Lipinski definition) is 0. The summed E-state index contributed by atoms with van der Waals surface area (Å²) in [5, 5.41) is 0. The molecule has 0 bridgehead atoms. The van der Waals surface area contributed by atoms with Gasteiger partial charge < -0.3 is 18.9 Å². The Kier molecular flexibility index (Phi) is 7.06. The first-order valence-corrected chi connectivity index (χ1v) is 9.24. The molecule has 1 aliphatic rings. The molecule has 2 aromatic carbocycles. The topological polar surface area (TPSA) is 40.2 Å². The van der Waals surface area contributed by atoms with Gasteiger partial charge in [-0.15, -0.1) is 0 Å². The van der Waals surface area contributed by atoms with Crippen LogP contribution in [0.25, 0.3) is 0 Å². The van der Waals surface area contributed by atoms with Crippen molar-refractivity contribution in [1.82, 2.24) is 4.90 Å². The average Bonchev–Trinajstić information content (AvgIpc) is 2.73. The molecule has 152 valence electrons. The van der Waals surface area contributed by atoms with Crippen molar-refractivity contribution >= 4 is 0 Å². The van der Waals surface area contributed by atoms with Crippen molar-refractivity contribution < 1.29 is 27.7 Å². The summed E-state index contributed by atoms with van der Waals surface area (Å²) in [4.78, 5) is 2.27. The van der Waals surface area contributed by atoms with Crippen LogP contribution in [0.15, 0.2) is 36.4 Å². The van der Waals surface area contributed by atoms with Gasteiger partial charge in [0.1, 0.15) is 23.4 Å². The predicted molar refractivity (Wildman–Crippen MR) is 101 cm³/mol. The maximum atomic E-state index is 14.2. The molecule has 7 heteroatoms. The Morgan fingerprint density at radius 2 is 1.75 bits per heavy atom. The van der Waals surface area contributed by atoms with E-state index in [-0.39, 0.29) is 5.75 Å². The zero-order valence-electron chi connectivity index (χ0n) is 16.1. The molecular formula is C21H25F2NO4. The van der Waals surface area contributed by atoms with E-state index in [1.54, 1.807) is 26.4 Å². The van der Waals surface area contributed by atoms with Crippen LogP contribution in [0, 0.1) is 11.6 Å². The van der Waals surface area contributed by atoms with Crippen LogP contribution in [0.1, 0.15) is 18.1 Å². The molecule has 0 N–H and O–H groups in total. The van der Waals surface area contributed by atoms with E-state index in [2.05, 4.69) is 4.90 Å². The second-order valence-corrected chi connectivity index (χ2v) is 6.53. The number of morpholine rings is 1. The third-order valence-corrected chi connectivity index (χ3v) is 4.76. The standard InChI is InChI=1S/C21H25F2NO4/c1-25-16-4-6-19(26-2)17(14-16)20(7-8-24-9-11-27-12-10-24)28-21-5-3-15(22)13-18(21)23/h3-6,13-14,20H,7-12H2,1-2H3. The van der Waals surface area contributed by atoms with Crippen molar-refractivity contribution in [3.8, 4) is 17.2 Å². The molecular weight excluding hydrogens is 368 g/mol. The lowest BCUT2D eigenvalue weighted by molar-refractivity contribution is 0.0314.